The van der Waals surface area contributed by atoms with Crippen molar-refractivity contribution in [2.45, 2.75) is 31.7 Å². The second-order valence-electron chi connectivity index (χ2n) is 5.46. The van der Waals surface area contributed by atoms with Crippen LogP contribution in [0.25, 0.3) is 0 Å². The molecule has 1 aromatic rings. The normalized spacial score (nSPS) is 20.4. The van der Waals surface area contributed by atoms with Crippen LogP contribution in [0.1, 0.15) is 30.4 Å². The SMILES string of the molecule is COC(=O)C1Cc2ccccc2C(SC(=O)CC2CC2)=N1. The molecule has 1 aliphatic carbocycles. The molecule has 4 nitrogen and oxygen atoms in total. The van der Waals surface area contributed by atoms with Gasteiger partial charge in [-0.1, -0.05) is 24.3 Å². The number of benzene rings is 1. The second-order valence-corrected chi connectivity index (χ2v) is 6.50. The van der Waals surface area contributed by atoms with Gasteiger partial charge in [-0.3, -0.25) is 9.79 Å². The number of fused-ring (bicyclic) bond motifs is 1. The quantitative estimate of drug-likeness (QED) is 0.805. The summed E-state index contributed by atoms with van der Waals surface area (Å²) in [5, 5.41) is 0.787. The summed E-state index contributed by atoms with van der Waals surface area (Å²) in [6.45, 7) is 0. The Morgan fingerprint density at radius 3 is 2.81 bits per heavy atom. The zero-order valence-electron chi connectivity index (χ0n) is 11.9. The van der Waals surface area contributed by atoms with E-state index < -0.39 is 6.04 Å². The first-order chi connectivity index (χ1) is 10.2. The fourth-order valence-corrected chi connectivity index (χ4v) is 3.46. The van der Waals surface area contributed by atoms with E-state index in [2.05, 4.69) is 4.99 Å². The van der Waals surface area contributed by atoms with Crippen molar-refractivity contribution in [3.63, 3.8) is 0 Å². The van der Waals surface area contributed by atoms with E-state index in [9.17, 15) is 9.59 Å². The van der Waals surface area contributed by atoms with E-state index in [-0.39, 0.29) is 11.1 Å². The summed E-state index contributed by atoms with van der Waals surface area (Å²) in [6, 6.07) is 7.26. The van der Waals surface area contributed by atoms with Gasteiger partial charge in [-0.25, -0.2) is 4.79 Å². The van der Waals surface area contributed by atoms with Crippen LogP contribution in [0.2, 0.25) is 0 Å². The number of hydrogen-bond acceptors (Lipinski definition) is 5. The third kappa shape index (κ3) is 3.35. The molecule has 0 bridgehead atoms. The van der Waals surface area contributed by atoms with E-state index in [0.717, 1.165) is 24.0 Å². The molecule has 0 N–H and O–H groups in total. The van der Waals surface area contributed by atoms with Gasteiger partial charge >= 0.3 is 5.97 Å². The number of aliphatic imine (C=N–C) groups is 1. The molecule has 3 rings (SSSR count). The van der Waals surface area contributed by atoms with Crippen LogP contribution in [0.3, 0.4) is 0 Å². The fraction of sp³-hybridized carbons (Fsp3) is 0.438. The smallest absolute Gasteiger partial charge is 0.330 e. The molecule has 110 valence electrons. The standard InChI is InChI=1S/C16H17NO3S/c1-20-16(19)13-9-11-4-2-3-5-12(11)15(17-13)21-14(18)8-10-6-7-10/h2-5,10,13H,6-9H2,1H3. The Hall–Kier alpha value is -1.62. The molecule has 0 saturated heterocycles. The van der Waals surface area contributed by atoms with Crippen molar-refractivity contribution in [2.24, 2.45) is 10.9 Å². The highest BCUT2D eigenvalue weighted by atomic mass is 32.2. The molecule has 1 fully saturated rings. The minimum atomic E-state index is -0.541. The molecule has 1 heterocycles. The molecule has 5 heteroatoms. The van der Waals surface area contributed by atoms with Crippen LogP contribution in [0.5, 0.6) is 0 Å². The van der Waals surface area contributed by atoms with Crippen LogP contribution < -0.4 is 0 Å². The number of methoxy groups -OCH3 is 1. The number of esters is 1. The summed E-state index contributed by atoms with van der Waals surface area (Å²) < 4.78 is 4.79. The maximum atomic E-state index is 12.1. The molecular weight excluding hydrogens is 286 g/mol. The summed E-state index contributed by atoms with van der Waals surface area (Å²) >= 11 is 1.17. The van der Waals surface area contributed by atoms with E-state index in [1.54, 1.807) is 0 Å². The van der Waals surface area contributed by atoms with Gasteiger partial charge < -0.3 is 4.74 Å². The van der Waals surface area contributed by atoms with Crippen molar-refractivity contribution in [3.05, 3.63) is 35.4 Å². The lowest BCUT2D eigenvalue weighted by Crippen LogP contribution is -2.28. The summed E-state index contributed by atoms with van der Waals surface area (Å²) in [5.74, 6) is 0.207. The van der Waals surface area contributed by atoms with Crippen LogP contribution in [0.4, 0.5) is 0 Å². The minimum absolute atomic E-state index is 0.136. The van der Waals surface area contributed by atoms with Crippen molar-refractivity contribution < 1.29 is 14.3 Å². The Balaban J connectivity index is 1.83. The minimum Gasteiger partial charge on any atom is -0.467 e. The van der Waals surface area contributed by atoms with Crippen molar-refractivity contribution in [2.75, 3.05) is 7.11 Å². The molecule has 1 aromatic carbocycles. The van der Waals surface area contributed by atoms with E-state index in [1.165, 1.54) is 18.9 Å². The maximum absolute atomic E-state index is 12.1. The number of thioether (sulfide) groups is 1. The lowest BCUT2D eigenvalue weighted by Gasteiger charge is -2.21. The maximum Gasteiger partial charge on any atom is 0.330 e. The fourth-order valence-electron chi connectivity index (χ4n) is 2.43. The molecular formula is C16H17NO3S. The van der Waals surface area contributed by atoms with E-state index in [0.29, 0.717) is 23.8 Å². The zero-order valence-corrected chi connectivity index (χ0v) is 12.7. The predicted octanol–water partition coefficient (Wildman–Crippen LogP) is 2.59. The molecule has 1 saturated carbocycles. The molecule has 21 heavy (non-hydrogen) atoms. The van der Waals surface area contributed by atoms with Gasteiger partial charge in [0.25, 0.3) is 0 Å². The molecule has 1 aliphatic heterocycles. The summed E-state index contributed by atoms with van der Waals surface area (Å²) in [7, 11) is 1.36. The van der Waals surface area contributed by atoms with Crippen molar-refractivity contribution in [1.82, 2.24) is 0 Å². The number of carbonyl (C=O) groups is 2. The largest absolute Gasteiger partial charge is 0.467 e. The second kappa shape index (κ2) is 6.02. The van der Waals surface area contributed by atoms with Crippen LogP contribution in [0, 0.1) is 5.92 Å². The van der Waals surface area contributed by atoms with Crippen LogP contribution >= 0.6 is 11.8 Å². The van der Waals surface area contributed by atoms with Gasteiger partial charge in [0.1, 0.15) is 5.04 Å². The third-order valence-corrected chi connectivity index (χ3v) is 4.68. The number of nitrogens with zero attached hydrogens (tertiary/aromatic N) is 1. The summed E-state index contributed by atoms with van der Waals surface area (Å²) in [4.78, 5) is 28.3. The van der Waals surface area contributed by atoms with Crippen molar-refractivity contribution in [1.29, 1.82) is 0 Å². The first-order valence-electron chi connectivity index (χ1n) is 7.12. The molecule has 1 unspecified atom stereocenters. The number of hydrogen-bond donors (Lipinski definition) is 0. The van der Waals surface area contributed by atoms with E-state index >= 15 is 0 Å². The summed E-state index contributed by atoms with van der Waals surface area (Å²) in [5.41, 5.74) is 2.01. The Kier molecular flexibility index (Phi) is 4.10. The first kappa shape index (κ1) is 14.3. The van der Waals surface area contributed by atoms with Gasteiger partial charge in [0.2, 0.25) is 0 Å². The highest BCUT2D eigenvalue weighted by Gasteiger charge is 2.30. The van der Waals surface area contributed by atoms with Crippen molar-refractivity contribution >= 4 is 27.9 Å². The van der Waals surface area contributed by atoms with Gasteiger partial charge in [0.15, 0.2) is 11.2 Å². The molecule has 0 amide bonds. The Morgan fingerprint density at radius 1 is 1.33 bits per heavy atom. The topological polar surface area (TPSA) is 55.7 Å². The highest BCUT2D eigenvalue weighted by Crippen LogP contribution is 2.35. The lowest BCUT2D eigenvalue weighted by atomic mass is 9.98. The number of ether oxygens (including phenoxy) is 1. The van der Waals surface area contributed by atoms with Crippen molar-refractivity contribution in [3.8, 4) is 0 Å². The monoisotopic (exact) mass is 303 g/mol. The average Bonchev–Trinajstić information content (AvgIpc) is 3.30. The molecule has 0 spiro atoms. The van der Waals surface area contributed by atoms with Crippen LogP contribution in [0.15, 0.2) is 29.3 Å². The van der Waals surface area contributed by atoms with Gasteiger partial charge in [0.05, 0.1) is 7.11 Å². The Labute approximate surface area is 128 Å². The zero-order chi connectivity index (χ0) is 14.8. The summed E-state index contributed by atoms with van der Waals surface area (Å²) in [6.07, 6.45) is 3.44. The first-order valence-corrected chi connectivity index (χ1v) is 7.93. The molecule has 0 radical (unpaired) electrons. The van der Waals surface area contributed by atoms with Gasteiger partial charge in [0, 0.05) is 18.4 Å². The highest BCUT2D eigenvalue weighted by molar-refractivity contribution is 8.26. The van der Waals surface area contributed by atoms with Gasteiger partial charge in [-0.15, -0.1) is 0 Å². The average molecular weight is 303 g/mol. The van der Waals surface area contributed by atoms with Crippen LogP contribution in [-0.2, 0) is 20.7 Å². The molecule has 2 aliphatic rings. The van der Waals surface area contributed by atoms with E-state index in [1.807, 2.05) is 24.3 Å². The lowest BCUT2D eigenvalue weighted by molar-refractivity contribution is -0.142. The molecule has 1 atom stereocenters. The van der Waals surface area contributed by atoms with Crippen LogP contribution in [-0.4, -0.2) is 29.3 Å². The third-order valence-electron chi connectivity index (χ3n) is 3.77. The number of rotatable bonds is 3. The Bertz CT molecular complexity index is 607. The van der Waals surface area contributed by atoms with Gasteiger partial charge in [-0.2, -0.15) is 0 Å². The molecule has 0 aromatic heterocycles. The van der Waals surface area contributed by atoms with E-state index in [4.69, 9.17) is 4.74 Å². The van der Waals surface area contributed by atoms with Gasteiger partial charge in [-0.05, 0) is 36.1 Å². The predicted molar refractivity (Wildman–Crippen MR) is 82.4 cm³/mol. The number of carbonyl (C=O) groups excluding carboxylic acids is 2. The Morgan fingerprint density at radius 2 is 2.10 bits per heavy atom.